The summed E-state index contributed by atoms with van der Waals surface area (Å²) >= 11 is 0. The van der Waals surface area contributed by atoms with Crippen molar-refractivity contribution in [2.75, 3.05) is 38.1 Å². The molecule has 5 rings (SSSR count). The Morgan fingerprint density at radius 3 is 2.06 bits per heavy atom. The monoisotopic (exact) mass is 485 g/mol. The van der Waals surface area contributed by atoms with Gasteiger partial charge in [-0.25, -0.2) is 4.39 Å². The number of nitrogens with zero attached hydrogens (tertiary/aromatic N) is 3. The zero-order valence-electron chi connectivity index (χ0n) is 20.2. The van der Waals surface area contributed by atoms with Crippen LogP contribution < -0.4 is 4.90 Å². The molecule has 1 atom stereocenters. The number of hydrogen-bond acceptors (Lipinski definition) is 4. The molecule has 3 aromatic rings. The Bertz CT molecular complexity index is 1290. The maximum Gasteiger partial charge on any atom is 0.240 e. The van der Waals surface area contributed by atoms with Crippen LogP contribution in [0.25, 0.3) is 11.1 Å². The number of benzene rings is 3. The number of carbonyl (C=O) groups is 3. The number of rotatable bonds is 5. The van der Waals surface area contributed by atoms with Gasteiger partial charge >= 0.3 is 0 Å². The molecular weight excluding hydrogens is 457 g/mol. The highest BCUT2D eigenvalue weighted by Crippen LogP contribution is 2.40. The molecule has 0 spiro atoms. The van der Waals surface area contributed by atoms with E-state index in [2.05, 4.69) is 0 Å². The Labute approximate surface area is 209 Å². The second-order valence-electron chi connectivity index (χ2n) is 9.46. The molecule has 0 radical (unpaired) electrons. The first-order chi connectivity index (χ1) is 17.4. The quantitative estimate of drug-likeness (QED) is 0.515. The van der Waals surface area contributed by atoms with Crippen molar-refractivity contribution in [1.82, 2.24) is 9.80 Å². The molecule has 36 heavy (non-hydrogen) atoms. The number of piperazine rings is 1. The van der Waals surface area contributed by atoms with Crippen LogP contribution in [0.2, 0.25) is 0 Å². The van der Waals surface area contributed by atoms with Crippen molar-refractivity contribution in [3.63, 3.8) is 0 Å². The van der Waals surface area contributed by atoms with Gasteiger partial charge in [-0.2, -0.15) is 0 Å². The lowest BCUT2D eigenvalue weighted by Gasteiger charge is -2.37. The lowest BCUT2D eigenvalue weighted by molar-refractivity contribution is -0.141. The Morgan fingerprint density at radius 1 is 0.833 bits per heavy atom. The number of hydrogen-bond donors (Lipinski definition) is 0. The molecule has 3 aromatic carbocycles. The number of likely N-dealkylation sites (tertiary alicyclic amines) is 1. The van der Waals surface area contributed by atoms with Gasteiger partial charge in [0.15, 0.2) is 0 Å². The van der Waals surface area contributed by atoms with Gasteiger partial charge in [-0.15, -0.1) is 0 Å². The summed E-state index contributed by atoms with van der Waals surface area (Å²) in [6.07, 6.45) is -0.111. The molecule has 0 aromatic heterocycles. The summed E-state index contributed by atoms with van der Waals surface area (Å²) in [6, 6.07) is 24.1. The highest BCUT2D eigenvalue weighted by molar-refractivity contribution is 6.10. The summed E-state index contributed by atoms with van der Waals surface area (Å²) < 4.78 is 14.2. The van der Waals surface area contributed by atoms with Gasteiger partial charge in [-0.05, 0) is 28.8 Å². The van der Waals surface area contributed by atoms with Crippen LogP contribution in [-0.2, 0) is 19.8 Å². The molecule has 2 fully saturated rings. The third-order valence-electron chi connectivity index (χ3n) is 7.36. The lowest BCUT2D eigenvalue weighted by Crippen LogP contribution is -2.51. The van der Waals surface area contributed by atoms with Gasteiger partial charge in [-0.3, -0.25) is 19.3 Å². The van der Waals surface area contributed by atoms with Crippen LogP contribution in [0.15, 0.2) is 78.9 Å². The molecule has 0 saturated carbocycles. The average Bonchev–Trinajstić information content (AvgIpc) is 3.13. The minimum Gasteiger partial charge on any atom is -0.366 e. The number of imide groups is 1. The first-order valence-electron chi connectivity index (χ1n) is 12.1. The van der Waals surface area contributed by atoms with Crippen LogP contribution >= 0.6 is 0 Å². The zero-order valence-corrected chi connectivity index (χ0v) is 20.2. The molecule has 3 amide bonds. The number of para-hydroxylation sites is 1. The van der Waals surface area contributed by atoms with Crippen LogP contribution in [0.3, 0.4) is 0 Å². The van der Waals surface area contributed by atoms with Crippen molar-refractivity contribution < 1.29 is 18.8 Å². The van der Waals surface area contributed by atoms with Crippen molar-refractivity contribution in [2.45, 2.75) is 18.3 Å². The second kappa shape index (κ2) is 9.57. The van der Waals surface area contributed by atoms with Crippen molar-refractivity contribution in [1.29, 1.82) is 0 Å². The van der Waals surface area contributed by atoms with E-state index in [1.807, 2.05) is 59.5 Å². The number of halogens is 1. The minimum atomic E-state index is -1.22. The maximum atomic E-state index is 14.2. The fourth-order valence-electron chi connectivity index (χ4n) is 5.24. The Hall–Kier alpha value is -4.00. The smallest absolute Gasteiger partial charge is 0.240 e. The molecule has 0 bridgehead atoms. The predicted molar refractivity (Wildman–Crippen MR) is 136 cm³/mol. The van der Waals surface area contributed by atoms with E-state index in [1.165, 1.54) is 13.1 Å². The molecule has 0 unspecified atom stereocenters. The molecule has 0 aliphatic carbocycles. The van der Waals surface area contributed by atoms with Crippen LogP contribution in [0.1, 0.15) is 18.4 Å². The fraction of sp³-hybridized carbons (Fsp3) is 0.276. The normalized spacial score (nSPS) is 20.2. The number of carbonyl (C=O) groups excluding carboxylic acids is 3. The summed E-state index contributed by atoms with van der Waals surface area (Å²) in [5, 5.41) is 0. The second-order valence-corrected chi connectivity index (χ2v) is 9.46. The number of likely N-dealkylation sites (N-methyl/N-ethyl adjacent to an activating group) is 1. The molecule has 6 nitrogen and oxygen atoms in total. The molecule has 0 N–H and O–H groups in total. The predicted octanol–water partition coefficient (Wildman–Crippen LogP) is 3.86. The molecule has 184 valence electrons. The van der Waals surface area contributed by atoms with Gasteiger partial charge in [0.2, 0.25) is 17.7 Å². The summed E-state index contributed by atoms with van der Waals surface area (Å²) in [5.74, 6) is -1.09. The van der Waals surface area contributed by atoms with E-state index in [1.54, 1.807) is 23.1 Å². The highest BCUT2D eigenvalue weighted by Gasteiger charge is 2.53. The lowest BCUT2D eigenvalue weighted by atomic mass is 9.75. The van der Waals surface area contributed by atoms with Crippen LogP contribution in [-0.4, -0.2) is 60.7 Å². The Balaban J connectivity index is 1.36. The van der Waals surface area contributed by atoms with Gasteiger partial charge < -0.3 is 9.80 Å². The van der Waals surface area contributed by atoms with Crippen molar-refractivity contribution in [2.24, 2.45) is 0 Å². The SMILES string of the molecule is CN1C(=O)C[C@](CC(=O)N2CCN(c3ccccc3F)CC2)(c2ccc(-c3ccccc3)cc2)C1=O. The van der Waals surface area contributed by atoms with Gasteiger partial charge in [0.1, 0.15) is 5.82 Å². The van der Waals surface area contributed by atoms with Gasteiger partial charge in [-0.1, -0.05) is 66.7 Å². The first kappa shape index (κ1) is 23.7. The van der Waals surface area contributed by atoms with Crippen molar-refractivity contribution in [3.05, 3.63) is 90.2 Å². The third kappa shape index (κ3) is 4.26. The largest absolute Gasteiger partial charge is 0.366 e. The first-order valence-corrected chi connectivity index (χ1v) is 12.1. The Kier molecular flexibility index (Phi) is 6.31. The summed E-state index contributed by atoms with van der Waals surface area (Å²) in [6.45, 7) is 1.85. The van der Waals surface area contributed by atoms with E-state index in [0.29, 0.717) is 37.4 Å². The average molecular weight is 486 g/mol. The standard InChI is InChI=1S/C29H28FN3O3/c1-31-26(34)19-29(28(31)36,23-13-11-22(12-14-23)21-7-3-2-4-8-21)20-27(35)33-17-15-32(16-18-33)25-10-6-5-9-24(25)30/h2-14H,15-20H2,1H3/t29-/m0/s1. The highest BCUT2D eigenvalue weighted by atomic mass is 19.1. The van der Waals surface area contributed by atoms with Crippen LogP contribution in [0.5, 0.6) is 0 Å². The van der Waals surface area contributed by atoms with E-state index < -0.39 is 5.41 Å². The van der Waals surface area contributed by atoms with Crippen molar-refractivity contribution >= 4 is 23.4 Å². The van der Waals surface area contributed by atoms with Crippen molar-refractivity contribution in [3.8, 4) is 11.1 Å². The molecule has 2 saturated heterocycles. The summed E-state index contributed by atoms with van der Waals surface area (Å²) in [7, 11) is 1.47. The van der Waals surface area contributed by atoms with E-state index in [-0.39, 0.29) is 36.4 Å². The molecule has 7 heteroatoms. The van der Waals surface area contributed by atoms with Crippen LogP contribution in [0, 0.1) is 5.82 Å². The molecule has 2 aliphatic heterocycles. The molecular formula is C29H28FN3O3. The van der Waals surface area contributed by atoms with Gasteiger partial charge in [0.05, 0.1) is 11.1 Å². The minimum absolute atomic E-state index is 0.0338. The maximum absolute atomic E-state index is 14.2. The molecule has 2 aliphatic rings. The van der Waals surface area contributed by atoms with Crippen LogP contribution in [0.4, 0.5) is 10.1 Å². The summed E-state index contributed by atoms with van der Waals surface area (Å²) in [5.41, 5.74) is 2.02. The van der Waals surface area contributed by atoms with E-state index in [0.717, 1.165) is 16.0 Å². The van der Waals surface area contributed by atoms with E-state index in [9.17, 15) is 18.8 Å². The van der Waals surface area contributed by atoms with Gasteiger partial charge in [0.25, 0.3) is 0 Å². The van der Waals surface area contributed by atoms with E-state index in [4.69, 9.17) is 0 Å². The molecule has 2 heterocycles. The third-order valence-corrected chi connectivity index (χ3v) is 7.36. The number of amides is 3. The Morgan fingerprint density at radius 2 is 1.44 bits per heavy atom. The summed E-state index contributed by atoms with van der Waals surface area (Å²) in [4.78, 5) is 44.2. The van der Waals surface area contributed by atoms with Gasteiger partial charge in [0, 0.05) is 46.1 Å². The number of anilines is 1. The van der Waals surface area contributed by atoms with E-state index >= 15 is 0 Å². The fourth-order valence-corrected chi connectivity index (χ4v) is 5.24. The zero-order chi connectivity index (χ0) is 25.3. The topological polar surface area (TPSA) is 60.9 Å².